The molecule has 0 aliphatic heterocycles. The van der Waals surface area contributed by atoms with E-state index in [1.54, 1.807) is 36.4 Å². The minimum Gasteiger partial charge on any atom is -0.469 e. The SMILES string of the molecule is COC(=O)CCCc1ccc(NC(=O)c2ccccc2-c2ccc(C(F)(F)F)cc2)cc1. The molecule has 1 N–H and O–H groups in total. The van der Waals surface area contributed by atoms with Gasteiger partial charge in [0.15, 0.2) is 0 Å². The van der Waals surface area contributed by atoms with Crippen molar-refractivity contribution in [3.63, 3.8) is 0 Å². The van der Waals surface area contributed by atoms with Crippen LogP contribution in [0.1, 0.15) is 34.3 Å². The molecule has 0 heterocycles. The number of rotatable bonds is 7. The van der Waals surface area contributed by atoms with Gasteiger partial charge < -0.3 is 10.1 Å². The second-order valence-corrected chi connectivity index (χ2v) is 7.20. The highest BCUT2D eigenvalue weighted by Crippen LogP contribution is 2.32. The Labute approximate surface area is 184 Å². The number of anilines is 1. The van der Waals surface area contributed by atoms with Crippen LogP contribution in [0.15, 0.2) is 72.8 Å². The second kappa shape index (κ2) is 10.1. The standard InChI is InChI=1S/C25H22F3NO3/c1-32-23(30)8-4-5-17-9-15-20(16-10-17)29-24(31)22-7-3-2-6-21(22)18-11-13-19(14-12-18)25(26,27)28/h2-3,6-7,9-16H,4-5,8H2,1H3,(H,29,31). The molecular formula is C25H22F3NO3. The van der Waals surface area contributed by atoms with Gasteiger partial charge in [0, 0.05) is 17.7 Å². The fourth-order valence-electron chi connectivity index (χ4n) is 3.26. The highest BCUT2D eigenvalue weighted by atomic mass is 19.4. The Morgan fingerprint density at radius 2 is 1.56 bits per heavy atom. The quantitative estimate of drug-likeness (QED) is 0.450. The van der Waals surface area contributed by atoms with E-state index < -0.39 is 11.7 Å². The lowest BCUT2D eigenvalue weighted by Crippen LogP contribution is -2.13. The van der Waals surface area contributed by atoms with Crippen molar-refractivity contribution >= 4 is 17.6 Å². The molecule has 0 aliphatic carbocycles. The Hall–Kier alpha value is -3.61. The Morgan fingerprint density at radius 1 is 0.906 bits per heavy atom. The highest BCUT2D eigenvalue weighted by molar-refractivity contribution is 6.08. The van der Waals surface area contributed by atoms with E-state index in [1.165, 1.54) is 19.2 Å². The van der Waals surface area contributed by atoms with Crippen molar-refractivity contribution in [2.24, 2.45) is 0 Å². The fraction of sp³-hybridized carbons (Fsp3) is 0.200. The number of nitrogens with one attached hydrogen (secondary N) is 1. The van der Waals surface area contributed by atoms with Gasteiger partial charge in [0.2, 0.25) is 0 Å². The minimum atomic E-state index is -4.42. The first-order valence-corrected chi connectivity index (χ1v) is 10.0. The van der Waals surface area contributed by atoms with Crippen LogP contribution in [0, 0.1) is 0 Å². The molecule has 3 aromatic carbocycles. The van der Waals surface area contributed by atoms with Crippen molar-refractivity contribution < 1.29 is 27.5 Å². The smallest absolute Gasteiger partial charge is 0.416 e. The number of benzene rings is 3. The Morgan fingerprint density at radius 3 is 2.19 bits per heavy atom. The molecular weight excluding hydrogens is 419 g/mol. The van der Waals surface area contributed by atoms with Gasteiger partial charge in [-0.2, -0.15) is 13.2 Å². The number of esters is 1. The van der Waals surface area contributed by atoms with Gasteiger partial charge in [0.25, 0.3) is 5.91 Å². The monoisotopic (exact) mass is 441 g/mol. The summed E-state index contributed by atoms with van der Waals surface area (Å²) in [5.41, 5.74) is 2.29. The normalized spacial score (nSPS) is 11.1. The van der Waals surface area contributed by atoms with E-state index in [4.69, 9.17) is 0 Å². The molecule has 32 heavy (non-hydrogen) atoms. The summed E-state index contributed by atoms with van der Waals surface area (Å²) in [5, 5.41) is 2.82. The fourth-order valence-corrected chi connectivity index (χ4v) is 3.26. The summed E-state index contributed by atoms with van der Waals surface area (Å²) < 4.78 is 43.1. The molecule has 0 atom stereocenters. The Balaban J connectivity index is 1.70. The third-order valence-electron chi connectivity index (χ3n) is 4.98. The molecule has 0 aliphatic rings. The number of hydrogen-bond acceptors (Lipinski definition) is 3. The largest absolute Gasteiger partial charge is 0.469 e. The lowest BCUT2D eigenvalue weighted by Gasteiger charge is -2.12. The van der Waals surface area contributed by atoms with Crippen LogP contribution in [0.5, 0.6) is 0 Å². The molecule has 0 aromatic heterocycles. The number of carbonyl (C=O) groups is 2. The first-order valence-electron chi connectivity index (χ1n) is 10.0. The first kappa shape index (κ1) is 23.1. The molecule has 4 nitrogen and oxygen atoms in total. The third-order valence-corrected chi connectivity index (χ3v) is 4.98. The van der Waals surface area contributed by atoms with Crippen LogP contribution < -0.4 is 5.32 Å². The van der Waals surface area contributed by atoms with E-state index in [0.717, 1.165) is 17.7 Å². The molecule has 166 valence electrons. The molecule has 0 unspecified atom stereocenters. The highest BCUT2D eigenvalue weighted by Gasteiger charge is 2.30. The summed E-state index contributed by atoms with van der Waals surface area (Å²) in [6, 6.07) is 18.8. The number of alkyl halides is 3. The number of aryl methyl sites for hydroxylation is 1. The maximum Gasteiger partial charge on any atom is 0.416 e. The average molecular weight is 441 g/mol. The second-order valence-electron chi connectivity index (χ2n) is 7.20. The number of amides is 1. The summed E-state index contributed by atoms with van der Waals surface area (Å²) in [6.07, 6.45) is -2.70. The van der Waals surface area contributed by atoms with Gasteiger partial charge in [-0.15, -0.1) is 0 Å². The van der Waals surface area contributed by atoms with Gasteiger partial charge in [-0.3, -0.25) is 9.59 Å². The van der Waals surface area contributed by atoms with Crippen molar-refractivity contribution in [1.29, 1.82) is 0 Å². The van der Waals surface area contributed by atoms with Crippen LogP contribution in [0.4, 0.5) is 18.9 Å². The Bertz CT molecular complexity index is 1070. The van der Waals surface area contributed by atoms with Crippen molar-refractivity contribution in [1.82, 2.24) is 0 Å². The van der Waals surface area contributed by atoms with Crippen LogP contribution >= 0.6 is 0 Å². The van der Waals surface area contributed by atoms with E-state index in [1.807, 2.05) is 12.1 Å². The average Bonchev–Trinajstić information content (AvgIpc) is 2.79. The van der Waals surface area contributed by atoms with Gasteiger partial charge in [-0.05, 0) is 59.9 Å². The van der Waals surface area contributed by atoms with Crippen LogP contribution in [0.2, 0.25) is 0 Å². The van der Waals surface area contributed by atoms with E-state index in [0.29, 0.717) is 41.6 Å². The van der Waals surface area contributed by atoms with Gasteiger partial charge in [-0.25, -0.2) is 0 Å². The summed E-state index contributed by atoms with van der Waals surface area (Å²) in [7, 11) is 1.36. The molecule has 3 aromatic rings. The zero-order valence-corrected chi connectivity index (χ0v) is 17.4. The summed E-state index contributed by atoms with van der Waals surface area (Å²) >= 11 is 0. The minimum absolute atomic E-state index is 0.249. The number of ether oxygens (including phenoxy) is 1. The number of hydrogen-bond donors (Lipinski definition) is 1. The summed E-state index contributed by atoms with van der Waals surface area (Å²) in [4.78, 5) is 24.0. The van der Waals surface area contributed by atoms with E-state index in [-0.39, 0.29) is 11.9 Å². The number of halogens is 3. The Kier molecular flexibility index (Phi) is 7.30. The number of carbonyl (C=O) groups excluding carboxylic acids is 2. The maximum absolute atomic E-state index is 12.9. The van der Waals surface area contributed by atoms with E-state index in [2.05, 4.69) is 10.1 Å². The molecule has 0 radical (unpaired) electrons. The van der Waals surface area contributed by atoms with Crippen molar-refractivity contribution in [2.45, 2.75) is 25.4 Å². The van der Waals surface area contributed by atoms with Crippen molar-refractivity contribution in [3.05, 3.63) is 89.5 Å². The molecule has 3 rings (SSSR count). The molecule has 0 fully saturated rings. The van der Waals surface area contributed by atoms with Gasteiger partial charge in [0.1, 0.15) is 0 Å². The van der Waals surface area contributed by atoms with E-state index >= 15 is 0 Å². The zero-order chi connectivity index (χ0) is 23.1. The number of methoxy groups -OCH3 is 1. The van der Waals surface area contributed by atoms with Gasteiger partial charge in [-0.1, -0.05) is 42.5 Å². The van der Waals surface area contributed by atoms with Crippen LogP contribution in [-0.4, -0.2) is 19.0 Å². The molecule has 0 spiro atoms. The summed E-state index contributed by atoms with van der Waals surface area (Å²) in [5.74, 6) is -0.612. The third kappa shape index (κ3) is 5.97. The molecule has 0 saturated heterocycles. The lowest BCUT2D eigenvalue weighted by molar-refractivity contribution is -0.140. The van der Waals surface area contributed by atoms with Crippen LogP contribution in [0.25, 0.3) is 11.1 Å². The maximum atomic E-state index is 12.9. The zero-order valence-electron chi connectivity index (χ0n) is 17.4. The van der Waals surface area contributed by atoms with Crippen LogP contribution in [-0.2, 0) is 22.1 Å². The molecule has 0 saturated carbocycles. The van der Waals surface area contributed by atoms with Crippen molar-refractivity contribution in [2.75, 3.05) is 12.4 Å². The van der Waals surface area contributed by atoms with Gasteiger partial charge >= 0.3 is 12.1 Å². The summed E-state index contributed by atoms with van der Waals surface area (Å²) in [6.45, 7) is 0. The lowest BCUT2D eigenvalue weighted by atomic mass is 9.98. The molecule has 7 heteroatoms. The molecule has 1 amide bonds. The predicted molar refractivity (Wildman–Crippen MR) is 116 cm³/mol. The topological polar surface area (TPSA) is 55.4 Å². The first-order chi connectivity index (χ1) is 15.3. The van der Waals surface area contributed by atoms with E-state index in [9.17, 15) is 22.8 Å². The van der Waals surface area contributed by atoms with Gasteiger partial charge in [0.05, 0.1) is 12.7 Å². The predicted octanol–water partition coefficient (Wildman–Crippen LogP) is 6.12. The van der Waals surface area contributed by atoms with Crippen molar-refractivity contribution in [3.8, 4) is 11.1 Å². The molecule has 0 bridgehead atoms. The van der Waals surface area contributed by atoms with Crippen LogP contribution in [0.3, 0.4) is 0 Å².